The Balaban J connectivity index is 1.12. The monoisotopic (exact) mass is 458 g/mol. The van der Waals surface area contributed by atoms with Gasteiger partial charge in [0.25, 0.3) is 0 Å². The molecule has 0 aromatic carbocycles. The van der Waals surface area contributed by atoms with Crippen LogP contribution in [0.15, 0.2) is 0 Å². The predicted octanol–water partition coefficient (Wildman–Crippen LogP) is 5.64. The zero-order chi connectivity index (χ0) is 22.8. The maximum Gasteiger partial charge on any atom is 0.0748 e. The number of hydrogen-bond donors (Lipinski definition) is 0. The van der Waals surface area contributed by atoms with E-state index in [2.05, 4.69) is 37.5 Å². The maximum atomic E-state index is 6.71. The lowest BCUT2D eigenvalue weighted by molar-refractivity contribution is -0.0763. The first-order valence-electron chi connectivity index (χ1n) is 14.6. The van der Waals surface area contributed by atoms with Gasteiger partial charge in [-0.15, -0.1) is 0 Å². The molecule has 7 unspecified atom stereocenters. The van der Waals surface area contributed by atoms with Crippen molar-refractivity contribution < 1.29 is 9.47 Å². The van der Waals surface area contributed by atoms with Gasteiger partial charge in [-0.2, -0.15) is 0 Å². The lowest BCUT2D eigenvalue weighted by Gasteiger charge is -2.45. The average Bonchev–Trinajstić information content (AvgIpc) is 3.49. The van der Waals surface area contributed by atoms with Crippen molar-refractivity contribution in [2.24, 2.45) is 17.3 Å². The zero-order valence-electron chi connectivity index (χ0n) is 22.0. The summed E-state index contributed by atoms with van der Waals surface area (Å²) in [4.78, 5) is 5.86. The Bertz CT molecular complexity index is 724. The second kappa shape index (κ2) is 8.46. The fourth-order valence-corrected chi connectivity index (χ4v) is 9.64. The Morgan fingerprint density at radius 1 is 0.909 bits per heavy atom. The highest BCUT2D eigenvalue weighted by Crippen LogP contribution is 2.54. The Morgan fingerprint density at radius 2 is 1.61 bits per heavy atom. The molecule has 4 nitrogen and oxygen atoms in total. The van der Waals surface area contributed by atoms with Gasteiger partial charge in [-0.1, -0.05) is 27.7 Å². The number of ether oxygens (including phenoxy) is 2. The molecule has 0 bridgehead atoms. The molecule has 0 aromatic rings. The van der Waals surface area contributed by atoms with Crippen molar-refractivity contribution in [3.05, 3.63) is 0 Å². The highest BCUT2D eigenvalue weighted by Gasteiger charge is 2.58. The van der Waals surface area contributed by atoms with Crippen molar-refractivity contribution in [1.82, 2.24) is 9.80 Å². The minimum atomic E-state index is 0.353. The first-order chi connectivity index (χ1) is 15.8. The normalized spacial score (nSPS) is 45.9. The largest absolute Gasteiger partial charge is 0.377 e. The topological polar surface area (TPSA) is 24.9 Å². The van der Waals surface area contributed by atoms with Gasteiger partial charge in [-0.25, -0.2) is 0 Å². The molecule has 6 rings (SSSR count). The van der Waals surface area contributed by atoms with Crippen molar-refractivity contribution in [3.63, 3.8) is 0 Å². The van der Waals surface area contributed by atoms with Crippen LogP contribution in [0.2, 0.25) is 0 Å². The highest BCUT2D eigenvalue weighted by molar-refractivity contribution is 5.12. The molecule has 0 aromatic heterocycles. The van der Waals surface area contributed by atoms with Crippen molar-refractivity contribution >= 4 is 0 Å². The summed E-state index contributed by atoms with van der Waals surface area (Å²) in [6, 6.07) is 1.39. The molecule has 0 N–H and O–H groups in total. The molecule has 0 saturated carbocycles. The van der Waals surface area contributed by atoms with Crippen LogP contribution in [-0.4, -0.2) is 71.5 Å². The zero-order valence-corrected chi connectivity index (χ0v) is 22.0. The van der Waals surface area contributed by atoms with E-state index in [1.807, 2.05) is 0 Å². The van der Waals surface area contributed by atoms with E-state index in [0.717, 1.165) is 19.1 Å². The molecule has 7 atom stereocenters. The molecule has 6 fully saturated rings. The molecule has 4 heteroatoms. The molecule has 6 saturated heterocycles. The molecule has 0 aliphatic carbocycles. The van der Waals surface area contributed by atoms with Gasteiger partial charge in [0.05, 0.1) is 18.8 Å². The van der Waals surface area contributed by atoms with E-state index in [1.54, 1.807) is 0 Å². The maximum absolute atomic E-state index is 6.71. The molecule has 0 radical (unpaired) electrons. The van der Waals surface area contributed by atoms with Crippen molar-refractivity contribution in [2.75, 3.05) is 26.3 Å². The second-order valence-electron chi connectivity index (χ2n) is 14.0. The lowest BCUT2D eigenvalue weighted by atomic mass is 9.69. The number of rotatable bonds is 6. The summed E-state index contributed by atoms with van der Waals surface area (Å²) < 4.78 is 13.0. The molecule has 188 valence electrons. The molecule has 6 aliphatic rings. The van der Waals surface area contributed by atoms with E-state index in [4.69, 9.17) is 9.47 Å². The number of hydrogen-bond acceptors (Lipinski definition) is 4. The van der Waals surface area contributed by atoms with Gasteiger partial charge in [-0.05, 0) is 107 Å². The SMILES string of the molecule is CC(C)CC12CCCN1C1CC(C(C)(C)CCC34CCCN3C3CCCOC3C4)COC1C2. The van der Waals surface area contributed by atoms with Crippen LogP contribution < -0.4 is 0 Å². The van der Waals surface area contributed by atoms with Gasteiger partial charge in [0.2, 0.25) is 0 Å². The van der Waals surface area contributed by atoms with E-state index >= 15 is 0 Å². The van der Waals surface area contributed by atoms with Crippen LogP contribution in [0.3, 0.4) is 0 Å². The van der Waals surface area contributed by atoms with E-state index in [-0.39, 0.29) is 0 Å². The van der Waals surface area contributed by atoms with E-state index < -0.39 is 0 Å². The standard InChI is InChI=1S/C29H50N2O2/c1-21(2)17-29-10-7-14-31(29)24-16-22(20-33-26(24)19-29)27(3,4)11-12-28-9-6-13-30(28)23-8-5-15-32-25(23)18-28/h21-26H,5-20H2,1-4H3. The van der Waals surface area contributed by atoms with Gasteiger partial charge in [-0.3, -0.25) is 9.80 Å². The molecule has 0 spiro atoms. The van der Waals surface area contributed by atoms with Crippen molar-refractivity contribution in [3.8, 4) is 0 Å². The summed E-state index contributed by atoms with van der Waals surface area (Å²) in [6.07, 6.45) is 17.2. The van der Waals surface area contributed by atoms with Crippen LogP contribution in [0.25, 0.3) is 0 Å². The third-order valence-corrected chi connectivity index (χ3v) is 11.3. The van der Waals surface area contributed by atoms with Crippen molar-refractivity contribution in [2.45, 2.75) is 140 Å². The summed E-state index contributed by atoms with van der Waals surface area (Å²) >= 11 is 0. The fraction of sp³-hybridized carbons (Fsp3) is 1.00. The van der Waals surface area contributed by atoms with Gasteiger partial charge < -0.3 is 9.47 Å². The Hall–Kier alpha value is -0.160. The summed E-state index contributed by atoms with van der Waals surface area (Å²) in [5, 5.41) is 0. The summed E-state index contributed by atoms with van der Waals surface area (Å²) in [5.74, 6) is 1.48. The fourth-order valence-electron chi connectivity index (χ4n) is 9.64. The summed E-state index contributed by atoms with van der Waals surface area (Å²) in [5.41, 5.74) is 1.24. The van der Waals surface area contributed by atoms with E-state index in [0.29, 0.717) is 46.7 Å². The van der Waals surface area contributed by atoms with Crippen LogP contribution in [0, 0.1) is 17.3 Å². The van der Waals surface area contributed by atoms with Gasteiger partial charge in [0, 0.05) is 29.8 Å². The van der Waals surface area contributed by atoms with Crippen molar-refractivity contribution in [1.29, 1.82) is 0 Å². The highest BCUT2D eigenvalue weighted by atomic mass is 16.5. The minimum absolute atomic E-state index is 0.353. The van der Waals surface area contributed by atoms with E-state index in [1.165, 1.54) is 90.1 Å². The van der Waals surface area contributed by atoms with Gasteiger partial charge in [0.15, 0.2) is 0 Å². The Labute approximate surface area is 203 Å². The third kappa shape index (κ3) is 3.85. The van der Waals surface area contributed by atoms with Gasteiger partial charge >= 0.3 is 0 Å². The lowest BCUT2D eigenvalue weighted by Crippen LogP contribution is -2.49. The van der Waals surface area contributed by atoms with Crippen LogP contribution >= 0.6 is 0 Å². The molecular weight excluding hydrogens is 408 g/mol. The first kappa shape index (κ1) is 23.3. The summed E-state index contributed by atoms with van der Waals surface area (Å²) in [6.45, 7) is 14.6. The first-order valence-corrected chi connectivity index (χ1v) is 14.6. The van der Waals surface area contributed by atoms with Gasteiger partial charge in [0.1, 0.15) is 0 Å². The smallest absolute Gasteiger partial charge is 0.0748 e. The Morgan fingerprint density at radius 3 is 2.39 bits per heavy atom. The molecule has 6 aliphatic heterocycles. The molecule has 33 heavy (non-hydrogen) atoms. The molecular formula is C29H50N2O2. The van der Waals surface area contributed by atoms with Crippen LogP contribution in [-0.2, 0) is 9.47 Å². The quantitative estimate of drug-likeness (QED) is 0.514. The van der Waals surface area contributed by atoms with Crippen LogP contribution in [0.5, 0.6) is 0 Å². The minimum Gasteiger partial charge on any atom is -0.377 e. The number of fused-ring (bicyclic) bond motifs is 6. The van der Waals surface area contributed by atoms with Crippen LogP contribution in [0.1, 0.15) is 105 Å². The van der Waals surface area contributed by atoms with Crippen LogP contribution in [0.4, 0.5) is 0 Å². The molecule has 6 heterocycles. The predicted molar refractivity (Wildman–Crippen MR) is 133 cm³/mol. The number of nitrogens with zero attached hydrogens (tertiary/aromatic N) is 2. The third-order valence-electron chi connectivity index (χ3n) is 11.3. The van der Waals surface area contributed by atoms with E-state index in [9.17, 15) is 0 Å². The second-order valence-corrected chi connectivity index (χ2v) is 14.0. The molecule has 0 amide bonds. The average molecular weight is 459 g/mol. The Kier molecular flexibility index (Phi) is 5.96. The summed E-state index contributed by atoms with van der Waals surface area (Å²) in [7, 11) is 0.